The molecule has 0 unspecified atom stereocenters. The van der Waals surface area contributed by atoms with E-state index in [9.17, 15) is 9.59 Å². The number of ether oxygens (including phenoxy) is 3. The van der Waals surface area contributed by atoms with E-state index >= 15 is 0 Å². The molecule has 0 fully saturated rings. The number of aryl methyl sites for hydroxylation is 2. The molecule has 1 heterocycles. The largest absolute Gasteiger partial charge is 0.454 e. The molecule has 0 saturated carbocycles. The molecular formula is C21H23NO5. The van der Waals surface area contributed by atoms with Gasteiger partial charge in [0.2, 0.25) is 6.79 Å². The van der Waals surface area contributed by atoms with Crippen LogP contribution in [0, 0.1) is 13.8 Å². The Labute approximate surface area is 158 Å². The van der Waals surface area contributed by atoms with Gasteiger partial charge in [-0.2, -0.15) is 0 Å². The molecule has 0 aliphatic carbocycles. The van der Waals surface area contributed by atoms with Crippen LogP contribution >= 0.6 is 0 Å². The molecule has 0 aromatic heterocycles. The van der Waals surface area contributed by atoms with Crippen LogP contribution in [-0.2, 0) is 27.3 Å². The van der Waals surface area contributed by atoms with Crippen LogP contribution in [0.1, 0.15) is 29.2 Å². The molecule has 27 heavy (non-hydrogen) atoms. The second-order valence-corrected chi connectivity index (χ2v) is 6.63. The van der Waals surface area contributed by atoms with Gasteiger partial charge in [0.1, 0.15) is 0 Å². The molecule has 3 rings (SSSR count). The maximum atomic E-state index is 12.2. The molecular weight excluding hydrogens is 346 g/mol. The number of carbonyl (C=O) groups is 2. The zero-order chi connectivity index (χ0) is 19.4. The van der Waals surface area contributed by atoms with Crippen molar-refractivity contribution in [2.45, 2.75) is 39.8 Å². The summed E-state index contributed by atoms with van der Waals surface area (Å²) >= 11 is 0. The fourth-order valence-corrected chi connectivity index (χ4v) is 2.76. The first-order valence-electron chi connectivity index (χ1n) is 8.84. The summed E-state index contributed by atoms with van der Waals surface area (Å²) in [6.07, 6.45) is -0.723. The molecule has 1 amide bonds. The Kier molecular flexibility index (Phi) is 5.64. The number of esters is 1. The second kappa shape index (κ2) is 8.12. The summed E-state index contributed by atoms with van der Waals surface area (Å²) in [6, 6.07) is 11.3. The zero-order valence-electron chi connectivity index (χ0n) is 15.7. The summed E-state index contributed by atoms with van der Waals surface area (Å²) in [6.45, 7) is 6.10. The molecule has 6 nitrogen and oxygen atoms in total. The zero-order valence-corrected chi connectivity index (χ0v) is 15.7. The van der Waals surface area contributed by atoms with Gasteiger partial charge in [0, 0.05) is 6.54 Å². The molecule has 1 aliphatic heterocycles. The predicted molar refractivity (Wildman–Crippen MR) is 99.6 cm³/mol. The van der Waals surface area contributed by atoms with Crippen LogP contribution in [0.25, 0.3) is 0 Å². The van der Waals surface area contributed by atoms with Crippen LogP contribution < -0.4 is 14.8 Å². The fraction of sp³-hybridized carbons (Fsp3) is 0.333. The molecule has 0 spiro atoms. The van der Waals surface area contributed by atoms with Crippen LogP contribution in [0.2, 0.25) is 0 Å². The highest BCUT2D eigenvalue weighted by molar-refractivity contribution is 5.83. The van der Waals surface area contributed by atoms with Crippen molar-refractivity contribution in [3.8, 4) is 11.5 Å². The van der Waals surface area contributed by atoms with Crippen molar-refractivity contribution in [3.63, 3.8) is 0 Å². The van der Waals surface area contributed by atoms with Crippen LogP contribution in [0.3, 0.4) is 0 Å². The first kappa shape index (κ1) is 18.8. The number of rotatable bonds is 6. The van der Waals surface area contributed by atoms with Crippen LogP contribution in [0.15, 0.2) is 36.4 Å². The van der Waals surface area contributed by atoms with Gasteiger partial charge in [-0.25, -0.2) is 0 Å². The third-order valence-electron chi connectivity index (χ3n) is 4.50. The van der Waals surface area contributed by atoms with E-state index in [0.29, 0.717) is 18.0 Å². The minimum atomic E-state index is -0.863. The maximum absolute atomic E-state index is 12.2. The van der Waals surface area contributed by atoms with E-state index in [1.54, 1.807) is 13.0 Å². The lowest BCUT2D eigenvalue weighted by molar-refractivity contribution is -0.154. The number of amides is 1. The number of carbonyl (C=O) groups excluding carboxylic acids is 2. The number of benzene rings is 2. The van der Waals surface area contributed by atoms with E-state index in [1.165, 1.54) is 5.56 Å². The van der Waals surface area contributed by atoms with Gasteiger partial charge in [-0.05, 0) is 55.2 Å². The van der Waals surface area contributed by atoms with Crippen LogP contribution in [0.4, 0.5) is 0 Å². The van der Waals surface area contributed by atoms with Crippen LogP contribution in [-0.4, -0.2) is 24.8 Å². The Hall–Kier alpha value is -3.02. The average molecular weight is 369 g/mol. The molecule has 0 bridgehead atoms. The Balaban J connectivity index is 1.48. The second-order valence-electron chi connectivity index (χ2n) is 6.63. The summed E-state index contributed by atoms with van der Waals surface area (Å²) in [4.78, 5) is 24.3. The van der Waals surface area contributed by atoms with Gasteiger partial charge in [-0.1, -0.05) is 24.3 Å². The van der Waals surface area contributed by atoms with Gasteiger partial charge in [0.25, 0.3) is 5.91 Å². The number of nitrogens with one attached hydrogen (secondary N) is 1. The summed E-state index contributed by atoms with van der Waals surface area (Å²) in [7, 11) is 0. The SMILES string of the molecule is Cc1ccc(CC(=O)O[C@@H](C)C(=O)NCc2ccc3c(c2)OCO3)cc1C. The van der Waals surface area contributed by atoms with Gasteiger partial charge in [0.15, 0.2) is 17.6 Å². The fourth-order valence-electron chi connectivity index (χ4n) is 2.76. The normalized spacial score (nSPS) is 13.1. The number of hydrogen-bond acceptors (Lipinski definition) is 5. The van der Waals surface area contributed by atoms with E-state index < -0.39 is 12.1 Å². The monoisotopic (exact) mass is 369 g/mol. The van der Waals surface area contributed by atoms with Gasteiger partial charge < -0.3 is 19.5 Å². The lowest BCUT2D eigenvalue weighted by atomic mass is 10.0. The van der Waals surface area contributed by atoms with Crippen molar-refractivity contribution in [2.24, 2.45) is 0 Å². The van der Waals surface area contributed by atoms with Crippen molar-refractivity contribution < 1.29 is 23.8 Å². The predicted octanol–water partition coefficient (Wildman–Crippen LogP) is 2.82. The van der Waals surface area contributed by atoms with Crippen LogP contribution in [0.5, 0.6) is 11.5 Å². The number of fused-ring (bicyclic) bond motifs is 1. The molecule has 1 aliphatic rings. The molecule has 0 radical (unpaired) electrons. The number of hydrogen-bond donors (Lipinski definition) is 1. The van der Waals surface area contributed by atoms with Crippen molar-refractivity contribution >= 4 is 11.9 Å². The third kappa shape index (κ3) is 4.78. The highest BCUT2D eigenvalue weighted by Crippen LogP contribution is 2.32. The third-order valence-corrected chi connectivity index (χ3v) is 4.50. The van der Waals surface area contributed by atoms with E-state index in [1.807, 2.05) is 44.2 Å². The Morgan fingerprint density at radius 2 is 1.78 bits per heavy atom. The topological polar surface area (TPSA) is 73.9 Å². The van der Waals surface area contributed by atoms with Crippen molar-refractivity contribution in [2.75, 3.05) is 6.79 Å². The highest BCUT2D eigenvalue weighted by Gasteiger charge is 2.19. The molecule has 1 atom stereocenters. The minimum absolute atomic E-state index is 0.140. The van der Waals surface area contributed by atoms with Gasteiger partial charge in [-0.15, -0.1) is 0 Å². The van der Waals surface area contributed by atoms with Crippen molar-refractivity contribution in [1.82, 2.24) is 5.32 Å². The molecule has 6 heteroatoms. The molecule has 2 aromatic rings. The lowest BCUT2D eigenvalue weighted by Crippen LogP contribution is -2.35. The molecule has 2 aromatic carbocycles. The van der Waals surface area contributed by atoms with Gasteiger partial charge in [-0.3, -0.25) is 9.59 Å². The van der Waals surface area contributed by atoms with Crippen molar-refractivity contribution in [3.05, 3.63) is 58.7 Å². The van der Waals surface area contributed by atoms with E-state index in [-0.39, 0.29) is 19.1 Å². The molecule has 0 saturated heterocycles. The lowest BCUT2D eigenvalue weighted by Gasteiger charge is -2.14. The van der Waals surface area contributed by atoms with Crippen molar-refractivity contribution in [1.29, 1.82) is 0 Å². The van der Waals surface area contributed by atoms with Gasteiger partial charge in [0.05, 0.1) is 6.42 Å². The minimum Gasteiger partial charge on any atom is -0.454 e. The molecule has 1 N–H and O–H groups in total. The van der Waals surface area contributed by atoms with Gasteiger partial charge >= 0.3 is 5.97 Å². The summed E-state index contributed by atoms with van der Waals surface area (Å²) in [5.74, 6) is 0.582. The first-order chi connectivity index (χ1) is 12.9. The summed E-state index contributed by atoms with van der Waals surface area (Å²) in [5, 5.41) is 2.76. The van der Waals surface area contributed by atoms with E-state index in [2.05, 4.69) is 5.32 Å². The molecule has 142 valence electrons. The smallest absolute Gasteiger partial charge is 0.311 e. The quantitative estimate of drug-likeness (QED) is 0.793. The Morgan fingerprint density at radius 1 is 1.04 bits per heavy atom. The highest BCUT2D eigenvalue weighted by atomic mass is 16.7. The standard InChI is InChI=1S/C21H23NO5/c1-13-4-5-16(8-14(13)2)10-20(23)27-15(3)21(24)22-11-17-6-7-18-19(9-17)26-12-25-18/h4-9,15H,10-12H2,1-3H3,(H,22,24)/t15-/m0/s1. The average Bonchev–Trinajstić information content (AvgIpc) is 3.10. The van der Waals surface area contributed by atoms with E-state index in [0.717, 1.165) is 16.7 Å². The summed E-state index contributed by atoms with van der Waals surface area (Å²) in [5.41, 5.74) is 4.04. The summed E-state index contributed by atoms with van der Waals surface area (Å²) < 4.78 is 15.8. The maximum Gasteiger partial charge on any atom is 0.311 e. The van der Waals surface area contributed by atoms with E-state index in [4.69, 9.17) is 14.2 Å². The Morgan fingerprint density at radius 3 is 2.56 bits per heavy atom. The first-order valence-corrected chi connectivity index (χ1v) is 8.84. The Bertz CT molecular complexity index is 862.